The highest BCUT2D eigenvalue weighted by Crippen LogP contribution is 2.35. The molecular weight excluding hydrogens is 430 g/mol. The average Bonchev–Trinajstić information content (AvgIpc) is 3.40. The van der Waals surface area contributed by atoms with Crippen molar-refractivity contribution in [3.05, 3.63) is 90.4 Å². The summed E-state index contributed by atoms with van der Waals surface area (Å²) in [6.07, 6.45) is 2.70. The third-order valence-electron chi connectivity index (χ3n) is 6.81. The van der Waals surface area contributed by atoms with E-state index >= 15 is 0 Å². The smallest absolute Gasteiger partial charge is 0.248 e. The molecule has 1 aromatic heterocycles. The van der Waals surface area contributed by atoms with E-state index < -0.39 is 11.6 Å². The number of carbonyl (C=O) groups is 2. The van der Waals surface area contributed by atoms with Crippen molar-refractivity contribution in [3.8, 4) is 0 Å². The number of benzene rings is 2. The second-order valence-electron chi connectivity index (χ2n) is 8.88. The summed E-state index contributed by atoms with van der Waals surface area (Å²) < 4.78 is 11.4. The molecule has 0 radical (unpaired) electrons. The minimum absolute atomic E-state index is 0.111. The van der Waals surface area contributed by atoms with E-state index in [0.717, 1.165) is 11.3 Å². The second-order valence-corrected chi connectivity index (χ2v) is 8.88. The molecule has 2 fully saturated rings. The van der Waals surface area contributed by atoms with Gasteiger partial charge in [0.15, 0.2) is 0 Å². The van der Waals surface area contributed by atoms with Crippen LogP contribution in [0.5, 0.6) is 0 Å². The minimum atomic E-state index is -0.898. The van der Waals surface area contributed by atoms with E-state index in [-0.39, 0.29) is 25.0 Å². The Morgan fingerprint density at radius 3 is 2.32 bits per heavy atom. The minimum Gasteiger partial charge on any atom is -0.467 e. The molecule has 1 N–H and O–H groups in total. The highest BCUT2D eigenvalue weighted by atomic mass is 16.5. The van der Waals surface area contributed by atoms with Crippen molar-refractivity contribution < 1.29 is 18.7 Å². The van der Waals surface area contributed by atoms with Gasteiger partial charge < -0.3 is 24.3 Å². The number of rotatable bonds is 7. The zero-order chi connectivity index (χ0) is 23.4. The van der Waals surface area contributed by atoms with E-state index in [1.54, 1.807) is 17.2 Å². The number of piperazine rings is 1. The van der Waals surface area contributed by atoms with Gasteiger partial charge in [-0.15, -0.1) is 0 Å². The Bertz CT molecular complexity index is 1090. The number of hydrogen-bond donors (Lipinski definition) is 1. The molecule has 1 atom stereocenters. The maximum Gasteiger partial charge on any atom is 0.248 e. The molecule has 2 aliphatic rings. The third-order valence-corrected chi connectivity index (χ3v) is 6.81. The molecular formula is C27H29N3O4. The summed E-state index contributed by atoms with van der Waals surface area (Å²) in [5.41, 5.74) is 1.25. The Kier molecular flexibility index (Phi) is 6.36. The fourth-order valence-electron chi connectivity index (χ4n) is 4.92. The van der Waals surface area contributed by atoms with Crippen molar-refractivity contribution in [2.24, 2.45) is 0 Å². The Hall–Kier alpha value is -3.58. The second kappa shape index (κ2) is 9.73. The van der Waals surface area contributed by atoms with Crippen LogP contribution in [-0.2, 0) is 27.5 Å². The van der Waals surface area contributed by atoms with Crippen LogP contribution in [0.15, 0.2) is 83.5 Å². The first-order valence-electron chi connectivity index (χ1n) is 11.7. The molecule has 0 saturated carbocycles. The molecule has 3 aromatic rings. The topological polar surface area (TPSA) is 75.0 Å². The number of hydrogen-bond acceptors (Lipinski definition) is 5. The zero-order valence-electron chi connectivity index (χ0n) is 19.1. The lowest BCUT2D eigenvalue weighted by Crippen LogP contribution is -2.73. The molecule has 7 nitrogen and oxygen atoms in total. The van der Waals surface area contributed by atoms with Crippen LogP contribution in [0.2, 0.25) is 0 Å². The number of amides is 2. The van der Waals surface area contributed by atoms with Crippen molar-refractivity contribution in [1.82, 2.24) is 10.2 Å². The van der Waals surface area contributed by atoms with Crippen LogP contribution in [0.4, 0.5) is 5.69 Å². The van der Waals surface area contributed by atoms with Crippen LogP contribution < -0.4 is 10.2 Å². The summed E-state index contributed by atoms with van der Waals surface area (Å²) >= 11 is 0. The molecule has 0 bridgehead atoms. The number of ether oxygens (including phenoxy) is 1. The SMILES string of the molecule is O=C1C(COCc2ccccc2)NC(=O)C2(CCN(c3ccccc3)CC2)N1Cc1ccco1. The highest BCUT2D eigenvalue weighted by Gasteiger charge is 2.53. The van der Waals surface area contributed by atoms with Crippen LogP contribution in [0.3, 0.4) is 0 Å². The first-order chi connectivity index (χ1) is 16.7. The molecule has 3 heterocycles. The lowest BCUT2D eigenvalue weighted by molar-refractivity contribution is -0.162. The first-order valence-corrected chi connectivity index (χ1v) is 11.7. The number of nitrogens with one attached hydrogen (secondary N) is 1. The van der Waals surface area contributed by atoms with E-state index in [1.165, 1.54) is 0 Å². The molecule has 1 unspecified atom stereocenters. The van der Waals surface area contributed by atoms with Crippen molar-refractivity contribution >= 4 is 17.5 Å². The number of nitrogens with zero attached hydrogens (tertiary/aromatic N) is 2. The average molecular weight is 460 g/mol. The molecule has 34 heavy (non-hydrogen) atoms. The number of para-hydroxylation sites is 1. The summed E-state index contributed by atoms with van der Waals surface area (Å²) in [6.45, 7) is 2.15. The molecule has 0 aliphatic carbocycles. The maximum absolute atomic E-state index is 13.6. The van der Waals surface area contributed by atoms with Gasteiger partial charge in [-0.1, -0.05) is 48.5 Å². The van der Waals surface area contributed by atoms with Crippen LogP contribution >= 0.6 is 0 Å². The fraction of sp³-hybridized carbons (Fsp3) is 0.333. The molecule has 176 valence electrons. The van der Waals surface area contributed by atoms with Crippen molar-refractivity contribution in [2.45, 2.75) is 37.6 Å². The number of furan rings is 1. The Morgan fingerprint density at radius 2 is 1.65 bits per heavy atom. The van der Waals surface area contributed by atoms with E-state index in [4.69, 9.17) is 9.15 Å². The van der Waals surface area contributed by atoms with Gasteiger partial charge in [-0.3, -0.25) is 9.59 Å². The first kappa shape index (κ1) is 22.2. The third kappa shape index (κ3) is 4.43. The molecule has 2 aliphatic heterocycles. The van der Waals surface area contributed by atoms with Crippen LogP contribution in [0.25, 0.3) is 0 Å². The quantitative estimate of drug-likeness (QED) is 0.587. The largest absolute Gasteiger partial charge is 0.467 e. The summed E-state index contributed by atoms with van der Waals surface area (Å²) in [5, 5.41) is 2.97. The van der Waals surface area contributed by atoms with Crippen LogP contribution in [0, 0.1) is 0 Å². The van der Waals surface area contributed by atoms with Crippen LogP contribution in [0.1, 0.15) is 24.2 Å². The number of piperidine rings is 1. The van der Waals surface area contributed by atoms with Crippen molar-refractivity contribution in [2.75, 3.05) is 24.6 Å². The molecule has 7 heteroatoms. The van der Waals surface area contributed by atoms with Gasteiger partial charge in [-0.25, -0.2) is 0 Å². The monoisotopic (exact) mass is 459 g/mol. The van der Waals surface area contributed by atoms with Gasteiger partial charge in [0.1, 0.15) is 17.3 Å². The standard InChI is InChI=1S/C27H29N3O4/c31-25-24(20-33-19-21-8-3-1-4-9-21)28-26(32)27(30(25)18-23-12-7-17-34-23)13-15-29(16-14-27)22-10-5-2-6-11-22/h1-12,17,24H,13-16,18-20H2,(H,28,32). The van der Waals surface area contributed by atoms with Crippen molar-refractivity contribution in [1.29, 1.82) is 0 Å². The molecule has 2 aromatic carbocycles. The fourth-order valence-corrected chi connectivity index (χ4v) is 4.92. The van der Waals surface area contributed by atoms with Gasteiger partial charge in [0.05, 0.1) is 26.0 Å². The van der Waals surface area contributed by atoms with E-state index in [9.17, 15) is 9.59 Å². The normalized spacial score (nSPS) is 19.9. The molecule has 2 saturated heterocycles. The number of anilines is 1. The summed E-state index contributed by atoms with van der Waals surface area (Å²) in [6, 6.07) is 22.9. The predicted molar refractivity (Wildman–Crippen MR) is 128 cm³/mol. The Morgan fingerprint density at radius 1 is 0.941 bits per heavy atom. The number of carbonyl (C=O) groups excluding carboxylic acids is 2. The van der Waals surface area contributed by atoms with Gasteiger partial charge in [-0.05, 0) is 42.7 Å². The van der Waals surface area contributed by atoms with E-state index in [1.807, 2.05) is 54.6 Å². The van der Waals surface area contributed by atoms with Gasteiger partial charge in [0.2, 0.25) is 11.8 Å². The summed E-state index contributed by atoms with van der Waals surface area (Å²) in [7, 11) is 0. The zero-order valence-corrected chi connectivity index (χ0v) is 19.1. The summed E-state index contributed by atoms with van der Waals surface area (Å²) in [4.78, 5) is 31.2. The highest BCUT2D eigenvalue weighted by molar-refractivity contribution is 6.00. The Balaban J connectivity index is 1.32. The molecule has 2 amide bonds. The lowest BCUT2D eigenvalue weighted by atomic mass is 9.81. The maximum atomic E-state index is 13.6. The predicted octanol–water partition coefficient (Wildman–Crippen LogP) is 3.36. The van der Waals surface area contributed by atoms with Gasteiger partial charge >= 0.3 is 0 Å². The van der Waals surface area contributed by atoms with Gasteiger partial charge in [-0.2, -0.15) is 0 Å². The van der Waals surface area contributed by atoms with Gasteiger partial charge in [0, 0.05) is 18.8 Å². The van der Waals surface area contributed by atoms with E-state index in [0.29, 0.717) is 38.3 Å². The van der Waals surface area contributed by atoms with E-state index in [2.05, 4.69) is 22.3 Å². The summed E-state index contributed by atoms with van der Waals surface area (Å²) in [5.74, 6) is 0.425. The van der Waals surface area contributed by atoms with Crippen molar-refractivity contribution in [3.63, 3.8) is 0 Å². The van der Waals surface area contributed by atoms with Crippen LogP contribution in [-0.4, -0.2) is 48.0 Å². The lowest BCUT2D eigenvalue weighted by Gasteiger charge is -2.51. The molecule has 5 rings (SSSR count). The Labute approximate surface area is 199 Å². The molecule has 1 spiro atoms. The van der Waals surface area contributed by atoms with Gasteiger partial charge in [0.25, 0.3) is 0 Å².